The zero-order chi connectivity index (χ0) is 30.2. The highest BCUT2D eigenvalue weighted by Crippen LogP contribution is 2.26. The van der Waals surface area contributed by atoms with Crippen LogP contribution in [-0.2, 0) is 14.3 Å². The van der Waals surface area contributed by atoms with Gasteiger partial charge in [-0.2, -0.15) is 4.99 Å². The van der Waals surface area contributed by atoms with Gasteiger partial charge in [-0.1, -0.05) is 53.0 Å². The van der Waals surface area contributed by atoms with Crippen molar-refractivity contribution < 1.29 is 28.7 Å². The molecule has 3 amide bonds. The SMILES string of the molecule is CCOC(=O)CC(NC(=O)c1ccc(C(=O)N2CCCC2)c(C)c1)c1cccc(C(N)=NC(=O)OCC(Cl)(Cl)Cl)c1. The van der Waals surface area contributed by atoms with Gasteiger partial charge in [0.1, 0.15) is 12.4 Å². The van der Waals surface area contributed by atoms with Crippen molar-refractivity contribution >= 4 is 64.5 Å². The van der Waals surface area contributed by atoms with E-state index in [1.807, 2.05) is 0 Å². The minimum Gasteiger partial charge on any atom is -0.466 e. The normalized spacial score (nSPS) is 14.4. The molecule has 1 saturated heterocycles. The molecular formula is C28H31Cl3N4O6. The first-order valence-electron chi connectivity index (χ1n) is 12.9. The summed E-state index contributed by atoms with van der Waals surface area (Å²) in [6.45, 7) is 4.55. The fourth-order valence-corrected chi connectivity index (χ4v) is 4.43. The van der Waals surface area contributed by atoms with Crippen molar-refractivity contribution in [3.05, 3.63) is 70.3 Å². The van der Waals surface area contributed by atoms with Crippen LogP contribution in [0.3, 0.4) is 0 Å². The molecule has 0 bridgehead atoms. The number of benzene rings is 2. The molecule has 1 atom stereocenters. The fraction of sp³-hybridized carbons (Fsp3) is 0.393. The number of amidine groups is 1. The number of nitrogens with zero attached hydrogens (tertiary/aromatic N) is 2. The largest absolute Gasteiger partial charge is 0.466 e. The van der Waals surface area contributed by atoms with Crippen LogP contribution < -0.4 is 11.1 Å². The van der Waals surface area contributed by atoms with Gasteiger partial charge in [-0.3, -0.25) is 14.4 Å². The van der Waals surface area contributed by atoms with Crippen molar-refractivity contribution in [2.24, 2.45) is 10.7 Å². The summed E-state index contributed by atoms with van der Waals surface area (Å²) in [6.07, 6.45) is 0.729. The smallest absolute Gasteiger partial charge is 0.435 e. The summed E-state index contributed by atoms with van der Waals surface area (Å²) in [5, 5.41) is 2.86. The standard InChI is InChI=1S/C28H31Cl3N4O6/c1-3-40-23(36)15-22(18-7-6-8-19(14-18)24(32)34-27(39)41-16-28(29,30)31)33-25(37)20-9-10-21(17(2)13-20)26(38)35-11-4-5-12-35/h6-10,13-14,22H,3-5,11-12,15-16H2,1-2H3,(H,33,37)(H2,32,34,39). The number of carbonyl (C=O) groups is 4. The van der Waals surface area contributed by atoms with E-state index in [0.717, 1.165) is 25.9 Å². The van der Waals surface area contributed by atoms with Crippen LogP contribution in [0, 0.1) is 6.92 Å². The zero-order valence-electron chi connectivity index (χ0n) is 22.6. The van der Waals surface area contributed by atoms with Crippen LogP contribution in [0.5, 0.6) is 0 Å². The van der Waals surface area contributed by atoms with E-state index < -0.39 is 34.4 Å². The number of halogens is 3. The molecule has 41 heavy (non-hydrogen) atoms. The Balaban J connectivity index is 1.81. The first-order valence-corrected chi connectivity index (χ1v) is 14.1. The van der Waals surface area contributed by atoms with Gasteiger partial charge in [0.05, 0.1) is 19.1 Å². The molecule has 2 aromatic carbocycles. The van der Waals surface area contributed by atoms with Gasteiger partial charge >= 0.3 is 12.1 Å². The molecule has 1 heterocycles. The van der Waals surface area contributed by atoms with Crippen molar-refractivity contribution in [1.29, 1.82) is 0 Å². The molecule has 1 unspecified atom stereocenters. The van der Waals surface area contributed by atoms with Gasteiger partial charge in [0, 0.05) is 29.8 Å². The number of nitrogens with two attached hydrogens (primary N) is 1. The number of hydrogen-bond acceptors (Lipinski definition) is 6. The highest BCUT2D eigenvalue weighted by molar-refractivity contribution is 6.67. The molecule has 3 N–H and O–H groups in total. The Labute approximate surface area is 253 Å². The van der Waals surface area contributed by atoms with Gasteiger partial charge < -0.3 is 25.4 Å². The van der Waals surface area contributed by atoms with Gasteiger partial charge in [0.2, 0.25) is 3.79 Å². The molecule has 0 spiro atoms. The molecule has 1 aliphatic rings. The zero-order valence-corrected chi connectivity index (χ0v) is 24.9. The van der Waals surface area contributed by atoms with Gasteiger partial charge in [-0.15, -0.1) is 0 Å². The number of nitrogens with one attached hydrogen (secondary N) is 1. The fourth-order valence-electron chi connectivity index (χ4n) is 4.27. The van der Waals surface area contributed by atoms with Crippen LogP contribution in [0.25, 0.3) is 0 Å². The molecule has 220 valence electrons. The van der Waals surface area contributed by atoms with Crippen LogP contribution in [-0.4, -0.2) is 64.7 Å². The highest BCUT2D eigenvalue weighted by Gasteiger charge is 2.25. The van der Waals surface area contributed by atoms with Gasteiger partial charge in [0.15, 0.2) is 0 Å². The number of amides is 3. The van der Waals surface area contributed by atoms with E-state index >= 15 is 0 Å². The van der Waals surface area contributed by atoms with Crippen molar-refractivity contribution in [2.75, 3.05) is 26.3 Å². The van der Waals surface area contributed by atoms with Gasteiger partial charge in [-0.25, -0.2) is 4.79 Å². The first kappa shape index (κ1) is 32.2. The van der Waals surface area contributed by atoms with E-state index in [2.05, 4.69) is 10.3 Å². The molecule has 1 aliphatic heterocycles. The number of rotatable bonds is 9. The molecular weight excluding hydrogens is 595 g/mol. The Morgan fingerprint density at radius 1 is 1.05 bits per heavy atom. The maximum absolute atomic E-state index is 13.3. The Bertz CT molecular complexity index is 1320. The number of aryl methyl sites for hydroxylation is 1. The summed E-state index contributed by atoms with van der Waals surface area (Å²) in [7, 11) is 0. The van der Waals surface area contributed by atoms with Crippen LogP contribution in [0.4, 0.5) is 4.79 Å². The Kier molecular flexibility index (Phi) is 11.4. The molecule has 10 nitrogen and oxygen atoms in total. The molecule has 0 saturated carbocycles. The van der Waals surface area contributed by atoms with Gasteiger partial charge in [-0.05, 0) is 62.1 Å². The predicted molar refractivity (Wildman–Crippen MR) is 157 cm³/mol. The molecule has 0 radical (unpaired) electrons. The summed E-state index contributed by atoms with van der Waals surface area (Å²) in [5.41, 5.74) is 8.36. The second-order valence-electron chi connectivity index (χ2n) is 9.36. The lowest BCUT2D eigenvalue weighted by molar-refractivity contribution is -0.143. The average molecular weight is 626 g/mol. The highest BCUT2D eigenvalue weighted by atomic mass is 35.6. The van der Waals surface area contributed by atoms with E-state index in [-0.39, 0.29) is 24.8 Å². The number of alkyl halides is 3. The maximum atomic E-state index is 13.3. The third-order valence-electron chi connectivity index (χ3n) is 6.25. The Hall–Kier alpha value is -3.34. The van der Waals surface area contributed by atoms with Crippen LogP contribution in [0.1, 0.15) is 69.6 Å². The quantitative estimate of drug-likeness (QED) is 0.175. The first-order chi connectivity index (χ1) is 19.4. The van der Waals surface area contributed by atoms with E-state index in [0.29, 0.717) is 27.8 Å². The number of ether oxygens (including phenoxy) is 2. The topological polar surface area (TPSA) is 140 Å². The summed E-state index contributed by atoms with van der Waals surface area (Å²) >= 11 is 16.7. The molecule has 2 aromatic rings. The number of aliphatic imine (C=N–C) groups is 1. The second-order valence-corrected chi connectivity index (χ2v) is 11.9. The van der Waals surface area contributed by atoms with Crippen LogP contribution in [0.15, 0.2) is 47.5 Å². The summed E-state index contributed by atoms with van der Waals surface area (Å²) < 4.78 is 8.07. The number of hydrogen-bond donors (Lipinski definition) is 2. The third-order valence-corrected chi connectivity index (χ3v) is 6.58. The maximum Gasteiger partial charge on any atom is 0.435 e. The Morgan fingerprint density at radius 2 is 1.76 bits per heavy atom. The lowest BCUT2D eigenvalue weighted by Crippen LogP contribution is -2.31. The average Bonchev–Trinajstić information content (AvgIpc) is 3.46. The van der Waals surface area contributed by atoms with E-state index in [9.17, 15) is 19.2 Å². The lowest BCUT2D eigenvalue weighted by Gasteiger charge is -2.20. The summed E-state index contributed by atoms with van der Waals surface area (Å²) in [4.78, 5) is 56.0. The second kappa shape index (κ2) is 14.5. The third kappa shape index (κ3) is 9.62. The van der Waals surface area contributed by atoms with Crippen molar-refractivity contribution in [2.45, 2.75) is 42.9 Å². The summed E-state index contributed by atoms with van der Waals surface area (Å²) in [6, 6.07) is 10.5. The number of carbonyl (C=O) groups excluding carboxylic acids is 4. The van der Waals surface area contributed by atoms with Crippen molar-refractivity contribution in [3.8, 4) is 0 Å². The van der Waals surface area contributed by atoms with E-state index in [4.69, 9.17) is 50.0 Å². The Morgan fingerprint density at radius 3 is 2.39 bits per heavy atom. The molecule has 0 aromatic heterocycles. The van der Waals surface area contributed by atoms with Crippen molar-refractivity contribution in [1.82, 2.24) is 10.2 Å². The van der Waals surface area contributed by atoms with Crippen molar-refractivity contribution in [3.63, 3.8) is 0 Å². The number of likely N-dealkylation sites (tertiary alicyclic amines) is 1. The van der Waals surface area contributed by atoms with Crippen LogP contribution >= 0.6 is 34.8 Å². The van der Waals surface area contributed by atoms with E-state index in [1.165, 1.54) is 0 Å². The molecule has 3 rings (SSSR count). The lowest BCUT2D eigenvalue weighted by atomic mass is 9.99. The predicted octanol–water partition coefficient (Wildman–Crippen LogP) is 4.87. The molecule has 0 aliphatic carbocycles. The monoisotopic (exact) mass is 624 g/mol. The minimum absolute atomic E-state index is 0.0561. The minimum atomic E-state index is -1.80. The van der Waals surface area contributed by atoms with Gasteiger partial charge in [0.25, 0.3) is 11.8 Å². The summed E-state index contributed by atoms with van der Waals surface area (Å²) in [5.74, 6) is -1.22. The van der Waals surface area contributed by atoms with Crippen LogP contribution in [0.2, 0.25) is 0 Å². The molecule has 13 heteroatoms. The van der Waals surface area contributed by atoms with E-state index in [1.54, 1.807) is 61.2 Å². The molecule has 1 fully saturated rings. The number of esters is 1.